The van der Waals surface area contributed by atoms with Crippen LogP contribution >= 0.6 is 0 Å². The van der Waals surface area contributed by atoms with Gasteiger partial charge < -0.3 is 0 Å². The van der Waals surface area contributed by atoms with Crippen molar-refractivity contribution in [2.75, 3.05) is 0 Å². The number of hydrogen-bond acceptors (Lipinski definition) is 5. The highest BCUT2D eigenvalue weighted by molar-refractivity contribution is 5.94. The predicted molar refractivity (Wildman–Crippen MR) is 74.8 cm³/mol. The molecular formula is C14F26O5. The van der Waals surface area contributed by atoms with Crippen LogP contribution in [0.1, 0.15) is 0 Å². The number of hydrogen-bond donors (Lipinski definition) is 0. The SMILES string of the molecule is O=C(C(F)(F)OC(F)(F)C(F)(F)OC(F)(F)C(F)(F)OC(F)(F)C(=O)C(F)(C(F)(F)F)C(F)(F)F)C(F)(C(F)(F)F)C(F)(F)F. The Kier molecular flexibility index (Phi) is 10.4. The first kappa shape index (κ1) is 42.4. The zero-order valence-corrected chi connectivity index (χ0v) is 18.9. The first-order valence-corrected chi connectivity index (χ1v) is 9.05. The molecule has 0 amide bonds. The number of rotatable bonds is 12. The van der Waals surface area contributed by atoms with Crippen molar-refractivity contribution in [3.8, 4) is 0 Å². The van der Waals surface area contributed by atoms with Gasteiger partial charge in [0, 0.05) is 0 Å². The molecular weight excluding hydrogens is 742 g/mol. The van der Waals surface area contributed by atoms with Crippen molar-refractivity contribution in [1.82, 2.24) is 0 Å². The highest BCUT2D eigenvalue weighted by Crippen LogP contribution is 2.54. The average molecular weight is 742 g/mol. The molecule has 45 heavy (non-hydrogen) atoms. The summed E-state index contributed by atoms with van der Waals surface area (Å²) in [6.45, 7) is 0. The van der Waals surface area contributed by atoms with Crippen molar-refractivity contribution in [3.05, 3.63) is 0 Å². The van der Waals surface area contributed by atoms with Gasteiger partial charge in [0.2, 0.25) is 0 Å². The van der Waals surface area contributed by atoms with Gasteiger partial charge >= 0.3 is 72.7 Å². The number of carbonyl (C=O) groups is 2. The van der Waals surface area contributed by atoms with E-state index in [4.69, 9.17) is 0 Å². The molecule has 0 aromatic rings. The van der Waals surface area contributed by atoms with Gasteiger partial charge in [-0.3, -0.25) is 9.59 Å². The van der Waals surface area contributed by atoms with Gasteiger partial charge in [0.25, 0.3) is 11.6 Å². The Hall–Kier alpha value is -2.60. The molecule has 0 heterocycles. The van der Waals surface area contributed by atoms with Gasteiger partial charge in [-0.05, 0) is 0 Å². The molecule has 0 saturated carbocycles. The molecule has 0 spiro atoms. The molecule has 0 aliphatic rings. The second-order valence-electron chi connectivity index (χ2n) is 7.37. The van der Waals surface area contributed by atoms with E-state index in [2.05, 4.69) is 0 Å². The van der Waals surface area contributed by atoms with Crippen molar-refractivity contribution >= 4 is 11.6 Å². The molecule has 0 bridgehead atoms. The van der Waals surface area contributed by atoms with Crippen LogP contribution in [0.5, 0.6) is 0 Å². The van der Waals surface area contributed by atoms with Gasteiger partial charge in [-0.2, -0.15) is 105 Å². The van der Waals surface area contributed by atoms with E-state index < -0.39 is 84.3 Å². The van der Waals surface area contributed by atoms with E-state index in [1.807, 2.05) is 0 Å². The lowest BCUT2D eigenvalue weighted by atomic mass is 9.98. The molecule has 0 atom stereocenters. The van der Waals surface area contributed by atoms with Crippen LogP contribution < -0.4 is 0 Å². The van der Waals surface area contributed by atoms with Gasteiger partial charge in [-0.25, -0.2) is 23.0 Å². The van der Waals surface area contributed by atoms with Crippen LogP contribution in [0.3, 0.4) is 0 Å². The Morgan fingerprint density at radius 3 is 0.600 bits per heavy atom. The van der Waals surface area contributed by atoms with Gasteiger partial charge in [0.1, 0.15) is 0 Å². The Bertz CT molecular complexity index is 993. The number of halogens is 26. The minimum absolute atomic E-state index is 1.06. The number of ether oxygens (including phenoxy) is 3. The van der Waals surface area contributed by atoms with Crippen LogP contribution in [-0.2, 0) is 23.8 Å². The van der Waals surface area contributed by atoms with E-state index in [1.165, 1.54) is 0 Å². The van der Waals surface area contributed by atoms with Crippen LogP contribution in [0.15, 0.2) is 0 Å². The molecule has 0 radical (unpaired) electrons. The molecule has 0 saturated heterocycles. The number of ketones is 2. The number of alkyl halides is 26. The maximum Gasteiger partial charge on any atom is 0.453 e. The second kappa shape index (κ2) is 11.0. The van der Waals surface area contributed by atoms with Crippen LogP contribution in [0, 0.1) is 0 Å². The highest BCUT2D eigenvalue weighted by Gasteiger charge is 2.85. The van der Waals surface area contributed by atoms with Crippen molar-refractivity contribution in [3.63, 3.8) is 0 Å². The third kappa shape index (κ3) is 7.37. The van der Waals surface area contributed by atoms with Crippen LogP contribution in [0.4, 0.5) is 114 Å². The number of carbonyl (C=O) groups excluding carboxylic acids is 2. The lowest BCUT2D eigenvalue weighted by molar-refractivity contribution is -0.552. The molecule has 31 heteroatoms. The van der Waals surface area contributed by atoms with E-state index in [9.17, 15) is 124 Å². The Balaban J connectivity index is 6.56. The second-order valence-corrected chi connectivity index (χ2v) is 7.37. The van der Waals surface area contributed by atoms with Gasteiger partial charge in [-0.1, -0.05) is 0 Å². The van der Waals surface area contributed by atoms with Gasteiger partial charge in [0.05, 0.1) is 0 Å². The minimum Gasteiger partial charge on any atom is -0.285 e. The number of Topliss-reactive ketones (excluding diaryl/α,β-unsaturated/α-hetero) is 2. The fourth-order valence-corrected chi connectivity index (χ4v) is 2.05. The monoisotopic (exact) mass is 742 g/mol. The quantitative estimate of drug-likeness (QED) is 0.195. The highest BCUT2D eigenvalue weighted by atomic mass is 19.4. The zero-order chi connectivity index (χ0) is 37.3. The Labute approximate surface area is 223 Å². The molecule has 0 unspecified atom stereocenters. The lowest BCUT2D eigenvalue weighted by Gasteiger charge is -2.36. The van der Waals surface area contributed by atoms with Crippen molar-refractivity contribution < 1.29 is 138 Å². The molecule has 0 N–H and O–H groups in total. The molecule has 0 aliphatic heterocycles. The molecule has 0 aromatic carbocycles. The zero-order valence-electron chi connectivity index (χ0n) is 18.9. The summed E-state index contributed by atoms with van der Waals surface area (Å²) in [7, 11) is 0. The summed E-state index contributed by atoms with van der Waals surface area (Å²) in [6, 6.07) is 0. The van der Waals surface area contributed by atoms with E-state index >= 15 is 0 Å². The van der Waals surface area contributed by atoms with Gasteiger partial charge in [-0.15, -0.1) is 0 Å². The van der Waals surface area contributed by atoms with E-state index in [-0.39, 0.29) is 0 Å². The fraction of sp³-hybridized carbons (Fsp3) is 0.857. The topological polar surface area (TPSA) is 61.8 Å². The van der Waals surface area contributed by atoms with Crippen molar-refractivity contribution in [2.24, 2.45) is 0 Å². The van der Waals surface area contributed by atoms with Crippen molar-refractivity contribution in [1.29, 1.82) is 0 Å². The third-order valence-corrected chi connectivity index (χ3v) is 4.16. The first-order chi connectivity index (χ1) is 18.9. The summed E-state index contributed by atoms with van der Waals surface area (Å²) >= 11 is 0. The minimum atomic E-state index is -8.26. The molecule has 0 aromatic heterocycles. The normalized spacial score (nSPS) is 16.2. The largest absolute Gasteiger partial charge is 0.453 e. The first-order valence-electron chi connectivity index (χ1n) is 9.05. The summed E-state index contributed by atoms with van der Waals surface area (Å²) in [6.07, 6.45) is -80.6. The third-order valence-electron chi connectivity index (χ3n) is 4.16. The lowest BCUT2D eigenvalue weighted by Crippen LogP contribution is -2.66. The van der Waals surface area contributed by atoms with Crippen LogP contribution in [0.2, 0.25) is 0 Å². The summed E-state index contributed by atoms with van der Waals surface area (Å²) < 4.78 is 337. The van der Waals surface area contributed by atoms with Crippen LogP contribution in [-0.4, -0.2) is 84.3 Å². The molecule has 0 aliphatic carbocycles. The van der Waals surface area contributed by atoms with Gasteiger partial charge in [0.15, 0.2) is 0 Å². The van der Waals surface area contributed by atoms with E-state index in [1.54, 1.807) is 0 Å². The smallest absolute Gasteiger partial charge is 0.285 e. The summed E-state index contributed by atoms with van der Waals surface area (Å²) in [4.78, 5) is 21.5. The van der Waals surface area contributed by atoms with E-state index in [0.29, 0.717) is 0 Å². The summed E-state index contributed by atoms with van der Waals surface area (Å²) in [5.74, 6) is -11.3. The molecule has 268 valence electrons. The Morgan fingerprint density at radius 2 is 0.444 bits per heavy atom. The summed E-state index contributed by atoms with van der Waals surface area (Å²) in [5.41, 5.74) is -16.1. The molecule has 0 fully saturated rings. The maximum atomic E-state index is 13.3. The maximum absolute atomic E-state index is 13.3. The predicted octanol–water partition coefficient (Wildman–Crippen LogP) is 7.40. The standard InChI is InChI=1S/C14F26O5/c15-3(7(21,22)23,8(24,25)26)1(41)5(17,18)43-11(33,34)13(37,38)45-14(39,40)12(35,36)44-6(19,20)2(42)4(16,9(27,28)29)10(30,31)32. The summed E-state index contributed by atoms with van der Waals surface area (Å²) in [5, 5.41) is 0. The van der Waals surface area contributed by atoms with Crippen LogP contribution in [0.25, 0.3) is 0 Å². The molecule has 0 rings (SSSR count). The average Bonchev–Trinajstić information content (AvgIpc) is 2.71. The Morgan fingerprint density at radius 1 is 0.289 bits per heavy atom. The van der Waals surface area contributed by atoms with E-state index in [0.717, 1.165) is 14.2 Å². The fourth-order valence-electron chi connectivity index (χ4n) is 2.05. The molecule has 5 nitrogen and oxygen atoms in total. The van der Waals surface area contributed by atoms with Crippen molar-refractivity contribution in [2.45, 2.75) is 72.7 Å².